The van der Waals surface area contributed by atoms with Crippen LogP contribution in [0.15, 0.2) is 24.8 Å². The summed E-state index contributed by atoms with van der Waals surface area (Å²) in [5.74, 6) is 0. The predicted octanol–water partition coefficient (Wildman–Crippen LogP) is 1.90. The van der Waals surface area contributed by atoms with Gasteiger partial charge >= 0.3 is 0 Å². The third kappa shape index (κ3) is 1.70. The molecule has 0 amide bonds. The molecule has 2 aromatic rings. The molecule has 0 N–H and O–H groups in total. The van der Waals surface area contributed by atoms with E-state index in [0.717, 1.165) is 11.3 Å². The van der Waals surface area contributed by atoms with Crippen LogP contribution in [0.5, 0.6) is 0 Å². The zero-order chi connectivity index (χ0) is 9.97. The second-order valence-corrected chi connectivity index (χ2v) is 3.10. The average Bonchev–Trinajstić information content (AvgIpc) is 2.23. The monoisotopic (exact) mass is 206 g/mol. The standard InChI is InChI=1S/C9H7ClN4/c1-6-4-13-9(10)14-8(6)7-5-11-2-3-12-7/h2-5H,1H3. The van der Waals surface area contributed by atoms with Gasteiger partial charge < -0.3 is 0 Å². The van der Waals surface area contributed by atoms with Gasteiger partial charge in [-0.25, -0.2) is 9.97 Å². The van der Waals surface area contributed by atoms with Gasteiger partial charge in [-0.1, -0.05) is 0 Å². The first kappa shape index (κ1) is 9.02. The van der Waals surface area contributed by atoms with Crippen LogP contribution < -0.4 is 0 Å². The Balaban J connectivity index is 2.57. The highest BCUT2D eigenvalue weighted by Crippen LogP contribution is 2.17. The molecule has 0 saturated heterocycles. The molecule has 0 spiro atoms. The maximum absolute atomic E-state index is 5.70. The highest BCUT2D eigenvalue weighted by atomic mass is 35.5. The summed E-state index contributed by atoms with van der Waals surface area (Å²) in [5.41, 5.74) is 2.35. The van der Waals surface area contributed by atoms with Gasteiger partial charge in [-0.2, -0.15) is 0 Å². The van der Waals surface area contributed by atoms with Crippen LogP contribution in [0.2, 0.25) is 5.28 Å². The molecule has 2 heterocycles. The normalized spacial score (nSPS) is 10.1. The molecule has 0 bridgehead atoms. The maximum Gasteiger partial charge on any atom is 0.222 e. The van der Waals surface area contributed by atoms with Crippen molar-refractivity contribution in [3.05, 3.63) is 35.6 Å². The maximum atomic E-state index is 5.70. The largest absolute Gasteiger partial charge is 0.261 e. The van der Waals surface area contributed by atoms with Crippen LogP contribution in [0.25, 0.3) is 11.4 Å². The Hall–Kier alpha value is -1.55. The van der Waals surface area contributed by atoms with Gasteiger partial charge in [-0.15, -0.1) is 0 Å². The lowest BCUT2D eigenvalue weighted by Gasteiger charge is -2.02. The SMILES string of the molecule is Cc1cnc(Cl)nc1-c1cnccn1. The number of aromatic nitrogens is 4. The van der Waals surface area contributed by atoms with E-state index in [1.165, 1.54) is 0 Å². The van der Waals surface area contributed by atoms with Crippen molar-refractivity contribution in [3.63, 3.8) is 0 Å². The van der Waals surface area contributed by atoms with Crippen molar-refractivity contribution in [3.8, 4) is 11.4 Å². The van der Waals surface area contributed by atoms with Crippen molar-refractivity contribution in [1.82, 2.24) is 19.9 Å². The van der Waals surface area contributed by atoms with Crippen molar-refractivity contribution in [2.24, 2.45) is 0 Å². The summed E-state index contributed by atoms with van der Waals surface area (Å²) in [7, 11) is 0. The lowest BCUT2D eigenvalue weighted by atomic mass is 10.2. The van der Waals surface area contributed by atoms with Gasteiger partial charge in [0.05, 0.1) is 11.9 Å². The molecule has 0 atom stereocenters. The topological polar surface area (TPSA) is 51.6 Å². The number of hydrogen-bond donors (Lipinski definition) is 0. The smallest absolute Gasteiger partial charge is 0.222 e. The molecule has 5 heteroatoms. The van der Waals surface area contributed by atoms with Gasteiger partial charge in [0.15, 0.2) is 0 Å². The van der Waals surface area contributed by atoms with E-state index < -0.39 is 0 Å². The average molecular weight is 207 g/mol. The van der Waals surface area contributed by atoms with Crippen LogP contribution in [-0.4, -0.2) is 19.9 Å². The van der Waals surface area contributed by atoms with E-state index in [4.69, 9.17) is 11.6 Å². The number of rotatable bonds is 1. The molecule has 0 saturated carbocycles. The number of nitrogens with zero attached hydrogens (tertiary/aromatic N) is 4. The molecule has 2 aromatic heterocycles. The molecule has 4 nitrogen and oxygen atoms in total. The molecule has 70 valence electrons. The molecule has 0 radical (unpaired) electrons. The molecular weight excluding hydrogens is 200 g/mol. The van der Waals surface area contributed by atoms with E-state index in [0.29, 0.717) is 5.69 Å². The van der Waals surface area contributed by atoms with Crippen LogP contribution in [0.1, 0.15) is 5.56 Å². The van der Waals surface area contributed by atoms with Gasteiger partial charge in [-0.3, -0.25) is 9.97 Å². The van der Waals surface area contributed by atoms with Crippen molar-refractivity contribution in [2.45, 2.75) is 6.92 Å². The van der Waals surface area contributed by atoms with Crippen molar-refractivity contribution in [1.29, 1.82) is 0 Å². The summed E-state index contributed by atoms with van der Waals surface area (Å²) >= 11 is 5.70. The summed E-state index contributed by atoms with van der Waals surface area (Å²) in [6.07, 6.45) is 6.54. The van der Waals surface area contributed by atoms with E-state index in [-0.39, 0.29) is 5.28 Å². The Morgan fingerprint density at radius 1 is 1.14 bits per heavy atom. The molecule has 14 heavy (non-hydrogen) atoms. The first-order valence-corrected chi connectivity index (χ1v) is 4.40. The van der Waals surface area contributed by atoms with E-state index in [1.807, 2.05) is 6.92 Å². The summed E-state index contributed by atoms with van der Waals surface area (Å²) in [6, 6.07) is 0. The van der Waals surface area contributed by atoms with Crippen LogP contribution in [-0.2, 0) is 0 Å². The van der Waals surface area contributed by atoms with E-state index in [9.17, 15) is 0 Å². The van der Waals surface area contributed by atoms with Gasteiger partial charge in [0.2, 0.25) is 5.28 Å². The molecule has 0 aliphatic rings. The number of aryl methyl sites for hydroxylation is 1. The molecule has 0 aliphatic heterocycles. The number of hydrogen-bond acceptors (Lipinski definition) is 4. The van der Waals surface area contributed by atoms with Gasteiger partial charge in [0, 0.05) is 18.6 Å². The van der Waals surface area contributed by atoms with E-state index >= 15 is 0 Å². The summed E-state index contributed by atoms with van der Waals surface area (Å²) in [4.78, 5) is 16.1. The van der Waals surface area contributed by atoms with Crippen molar-refractivity contribution in [2.75, 3.05) is 0 Å². The van der Waals surface area contributed by atoms with Crippen LogP contribution in [0.4, 0.5) is 0 Å². The zero-order valence-electron chi connectivity index (χ0n) is 7.48. The Labute approximate surface area is 86.0 Å². The molecule has 0 unspecified atom stereocenters. The number of halogens is 1. The highest BCUT2D eigenvalue weighted by Gasteiger charge is 2.05. The quantitative estimate of drug-likeness (QED) is 0.669. The van der Waals surface area contributed by atoms with Gasteiger partial charge in [-0.05, 0) is 24.1 Å². The second-order valence-electron chi connectivity index (χ2n) is 2.76. The molecule has 0 fully saturated rings. The lowest BCUT2D eigenvalue weighted by Crippen LogP contribution is -1.93. The van der Waals surface area contributed by atoms with Crippen LogP contribution >= 0.6 is 11.6 Å². The fourth-order valence-electron chi connectivity index (χ4n) is 1.10. The van der Waals surface area contributed by atoms with Crippen molar-refractivity contribution < 1.29 is 0 Å². The molecular formula is C9H7ClN4. The zero-order valence-corrected chi connectivity index (χ0v) is 8.23. The Bertz CT molecular complexity index is 444. The first-order valence-electron chi connectivity index (χ1n) is 4.03. The minimum Gasteiger partial charge on any atom is -0.261 e. The van der Waals surface area contributed by atoms with Crippen LogP contribution in [0, 0.1) is 6.92 Å². The molecule has 0 aromatic carbocycles. The highest BCUT2D eigenvalue weighted by molar-refractivity contribution is 6.28. The van der Waals surface area contributed by atoms with Gasteiger partial charge in [0.1, 0.15) is 5.69 Å². The predicted molar refractivity (Wildman–Crippen MR) is 52.8 cm³/mol. The molecule has 2 rings (SSSR count). The third-order valence-corrected chi connectivity index (χ3v) is 1.93. The summed E-state index contributed by atoms with van der Waals surface area (Å²) in [6.45, 7) is 1.90. The van der Waals surface area contributed by atoms with Crippen molar-refractivity contribution >= 4 is 11.6 Å². The van der Waals surface area contributed by atoms with E-state index in [1.54, 1.807) is 24.8 Å². The Kier molecular flexibility index (Phi) is 2.37. The Morgan fingerprint density at radius 2 is 2.00 bits per heavy atom. The second kappa shape index (κ2) is 3.67. The fraction of sp³-hybridized carbons (Fsp3) is 0.111. The minimum absolute atomic E-state index is 0.219. The third-order valence-electron chi connectivity index (χ3n) is 1.75. The van der Waals surface area contributed by atoms with Gasteiger partial charge in [0.25, 0.3) is 0 Å². The molecule has 0 aliphatic carbocycles. The summed E-state index contributed by atoms with van der Waals surface area (Å²) in [5, 5.41) is 0.219. The minimum atomic E-state index is 0.219. The lowest BCUT2D eigenvalue weighted by molar-refractivity contribution is 1.10. The van der Waals surface area contributed by atoms with E-state index in [2.05, 4.69) is 19.9 Å². The summed E-state index contributed by atoms with van der Waals surface area (Å²) < 4.78 is 0. The fourth-order valence-corrected chi connectivity index (χ4v) is 1.23. The first-order chi connectivity index (χ1) is 6.77. The van der Waals surface area contributed by atoms with Crippen LogP contribution in [0.3, 0.4) is 0 Å². The Morgan fingerprint density at radius 3 is 2.71 bits per heavy atom.